The van der Waals surface area contributed by atoms with Crippen LogP contribution in [0.15, 0.2) is 18.2 Å². The molecule has 2 atom stereocenters. The molecule has 1 fully saturated rings. The number of nitrogens with one attached hydrogen (secondary N) is 1. The highest BCUT2D eigenvalue weighted by atomic mass is 19.1. The summed E-state index contributed by atoms with van der Waals surface area (Å²) in [6, 6.07) is 2.71. The molecule has 0 aromatic heterocycles. The number of amides is 1. The van der Waals surface area contributed by atoms with Crippen molar-refractivity contribution >= 4 is 11.9 Å². The van der Waals surface area contributed by atoms with E-state index in [2.05, 4.69) is 10.1 Å². The molecule has 1 aromatic rings. The van der Waals surface area contributed by atoms with Crippen molar-refractivity contribution in [2.45, 2.75) is 18.9 Å². The zero-order chi connectivity index (χ0) is 16.3. The van der Waals surface area contributed by atoms with Gasteiger partial charge in [0.05, 0.1) is 19.6 Å². The molecule has 0 spiro atoms. The fourth-order valence-electron chi connectivity index (χ4n) is 2.40. The van der Waals surface area contributed by atoms with Gasteiger partial charge in [-0.15, -0.1) is 0 Å². The first-order valence-corrected chi connectivity index (χ1v) is 6.82. The highest BCUT2D eigenvalue weighted by Gasteiger charge is 2.42. The van der Waals surface area contributed by atoms with Crippen molar-refractivity contribution in [2.24, 2.45) is 5.92 Å². The van der Waals surface area contributed by atoms with E-state index < -0.39 is 35.0 Å². The van der Waals surface area contributed by atoms with Gasteiger partial charge < -0.3 is 14.8 Å². The van der Waals surface area contributed by atoms with Gasteiger partial charge in [0, 0.05) is 12.2 Å². The summed E-state index contributed by atoms with van der Waals surface area (Å²) in [7, 11) is 1.11. The van der Waals surface area contributed by atoms with E-state index >= 15 is 0 Å². The van der Waals surface area contributed by atoms with E-state index in [9.17, 15) is 18.4 Å². The minimum Gasteiger partial charge on any atom is -0.467 e. The lowest BCUT2D eigenvalue weighted by Gasteiger charge is -2.29. The number of carbonyl (C=O) groups excluding carboxylic acids is 2. The first kappa shape index (κ1) is 16.4. The van der Waals surface area contributed by atoms with Gasteiger partial charge in [0.1, 0.15) is 11.6 Å². The Morgan fingerprint density at radius 3 is 2.73 bits per heavy atom. The van der Waals surface area contributed by atoms with Crippen LogP contribution in [0, 0.1) is 17.6 Å². The molecule has 1 saturated heterocycles. The molecule has 7 heteroatoms. The molecule has 1 aliphatic heterocycles. The van der Waals surface area contributed by atoms with Crippen molar-refractivity contribution in [3.8, 4) is 0 Å². The minimum atomic E-state index is -1.82. The third-order valence-electron chi connectivity index (χ3n) is 3.73. The molecular weight excluding hydrogens is 296 g/mol. The predicted molar refractivity (Wildman–Crippen MR) is 72.8 cm³/mol. The summed E-state index contributed by atoms with van der Waals surface area (Å²) < 4.78 is 37.2. The molecule has 0 bridgehead atoms. The van der Waals surface area contributed by atoms with Crippen molar-refractivity contribution in [3.63, 3.8) is 0 Å². The lowest BCUT2D eigenvalue weighted by molar-refractivity contribution is -0.151. The van der Waals surface area contributed by atoms with Crippen LogP contribution in [0.4, 0.5) is 8.78 Å². The summed E-state index contributed by atoms with van der Waals surface area (Å²) in [5, 5.41) is 2.47. The number of carbonyl (C=O) groups is 2. The summed E-state index contributed by atoms with van der Waals surface area (Å²) in [6.07, 6.45) is 0.509. The van der Waals surface area contributed by atoms with Crippen molar-refractivity contribution in [2.75, 3.05) is 20.3 Å². The van der Waals surface area contributed by atoms with E-state index in [0.717, 1.165) is 25.3 Å². The topological polar surface area (TPSA) is 64.6 Å². The lowest BCUT2D eigenvalue weighted by Crippen LogP contribution is -2.52. The molecule has 0 radical (unpaired) electrons. The zero-order valence-electron chi connectivity index (χ0n) is 12.3. The van der Waals surface area contributed by atoms with Crippen LogP contribution in [0.2, 0.25) is 0 Å². The Kier molecular flexibility index (Phi) is 4.75. The molecule has 22 heavy (non-hydrogen) atoms. The second-order valence-corrected chi connectivity index (χ2v) is 5.29. The van der Waals surface area contributed by atoms with Gasteiger partial charge in [-0.1, -0.05) is 0 Å². The second kappa shape index (κ2) is 6.39. The van der Waals surface area contributed by atoms with Crippen LogP contribution in [0.1, 0.15) is 18.9 Å². The monoisotopic (exact) mass is 313 g/mol. The van der Waals surface area contributed by atoms with Gasteiger partial charge in [0.2, 0.25) is 5.91 Å². The van der Waals surface area contributed by atoms with Gasteiger partial charge in [-0.3, -0.25) is 4.79 Å². The molecular formula is C15H17F2NO4. The molecule has 2 unspecified atom stereocenters. The number of halogens is 2. The van der Waals surface area contributed by atoms with Gasteiger partial charge >= 0.3 is 5.97 Å². The second-order valence-electron chi connectivity index (χ2n) is 5.29. The SMILES string of the molecule is COC(=O)C(C)(NC(=O)C1CCOC1)c1cc(F)ccc1F. The average molecular weight is 313 g/mol. The maximum absolute atomic E-state index is 14.0. The van der Waals surface area contributed by atoms with Gasteiger partial charge in [0.25, 0.3) is 0 Å². The van der Waals surface area contributed by atoms with E-state index in [1.54, 1.807) is 0 Å². The fraction of sp³-hybridized carbons (Fsp3) is 0.467. The highest BCUT2D eigenvalue weighted by molar-refractivity contribution is 5.90. The molecule has 1 aromatic carbocycles. The first-order valence-electron chi connectivity index (χ1n) is 6.82. The van der Waals surface area contributed by atoms with Crippen LogP contribution in [0.25, 0.3) is 0 Å². The molecule has 1 aliphatic rings. The van der Waals surface area contributed by atoms with E-state index in [1.807, 2.05) is 0 Å². The molecule has 0 saturated carbocycles. The third kappa shape index (κ3) is 3.09. The van der Waals surface area contributed by atoms with Crippen LogP contribution in [0.5, 0.6) is 0 Å². The molecule has 5 nitrogen and oxygen atoms in total. The minimum absolute atomic E-state index is 0.231. The van der Waals surface area contributed by atoms with Crippen LogP contribution in [0.3, 0.4) is 0 Å². The number of esters is 1. The smallest absolute Gasteiger partial charge is 0.336 e. The fourth-order valence-corrected chi connectivity index (χ4v) is 2.40. The Balaban J connectivity index is 2.37. The zero-order valence-corrected chi connectivity index (χ0v) is 12.3. The van der Waals surface area contributed by atoms with Gasteiger partial charge in [0.15, 0.2) is 5.54 Å². The van der Waals surface area contributed by atoms with Gasteiger partial charge in [-0.2, -0.15) is 0 Å². The molecule has 2 rings (SSSR count). The largest absolute Gasteiger partial charge is 0.467 e. The number of ether oxygens (including phenoxy) is 2. The van der Waals surface area contributed by atoms with Crippen LogP contribution in [-0.4, -0.2) is 32.2 Å². The third-order valence-corrected chi connectivity index (χ3v) is 3.73. The Labute approximate surface area is 126 Å². The molecule has 1 heterocycles. The quantitative estimate of drug-likeness (QED) is 0.856. The Bertz CT molecular complexity index is 587. The van der Waals surface area contributed by atoms with Crippen LogP contribution in [-0.2, 0) is 24.6 Å². The molecule has 0 aliphatic carbocycles. The summed E-state index contributed by atoms with van der Waals surface area (Å²) in [4.78, 5) is 24.3. The van der Waals surface area contributed by atoms with Crippen molar-refractivity contribution < 1.29 is 27.8 Å². The van der Waals surface area contributed by atoms with Crippen molar-refractivity contribution in [1.82, 2.24) is 5.32 Å². The summed E-state index contributed by atoms with van der Waals surface area (Å²) in [5.41, 5.74) is -2.10. The van der Waals surface area contributed by atoms with Crippen molar-refractivity contribution in [3.05, 3.63) is 35.4 Å². The molecule has 1 amide bonds. The van der Waals surface area contributed by atoms with E-state index in [1.165, 1.54) is 6.92 Å². The maximum Gasteiger partial charge on any atom is 0.336 e. The van der Waals surface area contributed by atoms with Crippen LogP contribution >= 0.6 is 0 Å². The van der Waals surface area contributed by atoms with E-state index in [-0.39, 0.29) is 12.2 Å². The van der Waals surface area contributed by atoms with Gasteiger partial charge in [-0.25, -0.2) is 13.6 Å². The number of benzene rings is 1. The molecule has 120 valence electrons. The number of hydrogen-bond donors (Lipinski definition) is 1. The summed E-state index contributed by atoms with van der Waals surface area (Å²) in [6.45, 7) is 1.96. The summed E-state index contributed by atoms with van der Waals surface area (Å²) in [5.74, 6) is -3.30. The number of rotatable bonds is 4. The molecule has 1 N–H and O–H groups in total. The number of hydrogen-bond acceptors (Lipinski definition) is 4. The standard InChI is InChI=1S/C15H17F2NO4/c1-15(14(20)21-2,11-7-10(16)3-4-12(11)17)18-13(19)9-5-6-22-8-9/h3-4,7,9H,5-6,8H2,1-2H3,(H,18,19). The maximum atomic E-state index is 14.0. The highest BCUT2D eigenvalue weighted by Crippen LogP contribution is 2.27. The van der Waals surface area contributed by atoms with E-state index in [0.29, 0.717) is 13.0 Å². The first-order chi connectivity index (χ1) is 10.4. The van der Waals surface area contributed by atoms with Crippen LogP contribution < -0.4 is 5.32 Å². The Morgan fingerprint density at radius 1 is 1.41 bits per heavy atom. The number of methoxy groups -OCH3 is 1. The summed E-state index contributed by atoms with van der Waals surface area (Å²) >= 11 is 0. The van der Waals surface area contributed by atoms with Gasteiger partial charge in [-0.05, 0) is 31.5 Å². The predicted octanol–water partition coefficient (Wildman–Crippen LogP) is 1.51. The Morgan fingerprint density at radius 2 is 2.14 bits per heavy atom. The Hall–Kier alpha value is -2.02. The van der Waals surface area contributed by atoms with Crippen molar-refractivity contribution in [1.29, 1.82) is 0 Å². The normalized spacial score (nSPS) is 20.3. The van der Waals surface area contributed by atoms with E-state index in [4.69, 9.17) is 4.74 Å². The lowest BCUT2D eigenvalue weighted by atomic mass is 9.90. The average Bonchev–Trinajstić information content (AvgIpc) is 3.03.